The second kappa shape index (κ2) is 9.03. The van der Waals surface area contributed by atoms with Crippen LogP contribution in [-0.2, 0) is 19.2 Å². The Balaban J connectivity index is 1.34. The van der Waals surface area contributed by atoms with Crippen LogP contribution in [0.3, 0.4) is 0 Å². The van der Waals surface area contributed by atoms with Gasteiger partial charge in [-0.25, -0.2) is 0 Å². The topological polar surface area (TPSA) is 62.3 Å². The molecule has 3 heterocycles. The monoisotopic (exact) mass is 487 g/mol. The molecule has 1 atom stereocenters. The van der Waals surface area contributed by atoms with E-state index in [4.69, 9.17) is 9.47 Å². The second-order valence-electron chi connectivity index (χ2n) is 8.69. The highest BCUT2D eigenvalue weighted by Crippen LogP contribution is 2.55. The molecule has 0 aromatic heterocycles. The van der Waals surface area contributed by atoms with Crippen LogP contribution in [0, 0.1) is 0 Å². The van der Waals surface area contributed by atoms with Gasteiger partial charge in [0.15, 0.2) is 0 Å². The Morgan fingerprint density at radius 3 is 2.31 bits per heavy atom. The van der Waals surface area contributed by atoms with E-state index < -0.39 is 4.87 Å². The second-order valence-corrected chi connectivity index (χ2v) is 9.86. The van der Waals surface area contributed by atoms with Gasteiger partial charge in [0.05, 0.1) is 31.3 Å². The molecule has 8 heteroatoms. The van der Waals surface area contributed by atoms with E-state index in [-0.39, 0.29) is 17.6 Å². The number of rotatable bonds is 5. The number of nitrogens with zero attached hydrogens (tertiary/aromatic N) is 3. The first kappa shape index (κ1) is 22.2. The number of thioether (sulfide) groups is 1. The van der Waals surface area contributed by atoms with Crippen LogP contribution in [0.5, 0.6) is 11.5 Å². The molecule has 35 heavy (non-hydrogen) atoms. The minimum absolute atomic E-state index is 0.0781. The van der Waals surface area contributed by atoms with Gasteiger partial charge in [-0.15, -0.1) is 11.8 Å². The number of amides is 2. The van der Waals surface area contributed by atoms with Crippen molar-refractivity contribution in [2.75, 3.05) is 48.5 Å². The van der Waals surface area contributed by atoms with Gasteiger partial charge in [0.1, 0.15) is 11.5 Å². The Morgan fingerprint density at radius 2 is 1.54 bits per heavy atom. The zero-order valence-electron chi connectivity index (χ0n) is 19.1. The highest BCUT2D eigenvalue weighted by atomic mass is 32.2. The van der Waals surface area contributed by atoms with Gasteiger partial charge >= 0.3 is 0 Å². The molecular weight excluding hydrogens is 462 g/mol. The maximum Gasteiger partial charge on any atom is 0.269 e. The van der Waals surface area contributed by atoms with Gasteiger partial charge in [0.25, 0.3) is 5.91 Å². The highest BCUT2D eigenvalue weighted by Gasteiger charge is 2.61. The number of carbonyl (C=O) groups is 2. The molecule has 1 spiro atoms. The van der Waals surface area contributed by atoms with E-state index in [1.54, 1.807) is 4.90 Å². The lowest BCUT2D eigenvalue weighted by Gasteiger charge is -2.35. The van der Waals surface area contributed by atoms with Gasteiger partial charge in [0, 0.05) is 24.3 Å². The van der Waals surface area contributed by atoms with Gasteiger partial charge in [-0.05, 0) is 42.5 Å². The fraction of sp³-hybridized carbons (Fsp3) is 0.259. The Kier molecular flexibility index (Phi) is 5.72. The van der Waals surface area contributed by atoms with Crippen LogP contribution in [0.1, 0.15) is 5.56 Å². The number of carbonyl (C=O) groups excluding carboxylic acids is 2. The van der Waals surface area contributed by atoms with Crippen LogP contribution in [-0.4, -0.2) is 55.4 Å². The maximum absolute atomic E-state index is 14.1. The first-order chi connectivity index (χ1) is 17.2. The van der Waals surface area contributed by atoms with Gasteiger partial charge < -0.3 is 9.47 Å². The average molecular weight is 488 g/mol. The molecule has 0 unspecified atom stereocenters. The number of hydrogen-bond donors (Lipinski definition) is 0. The third-order valence-electron chi connectivity index (χ3n) is 6.58. The Labute approximate surface area is 208 Å². The number of anilines is 2. The van der Waals surface area contributed by atoms with Crippen LogP contribution in [0.25, 0.3) is 0 Å². The largest absolute Gasteiger partial charge is 0.457 e. The summed E-state index contributed by atoms with van der Waals surface area (Å²) in [6.45, 7) is 3.35. The molecule has 6 rings (SSSR count). The molecule has 7 nitrogen and oxygen atoms in total. The summed E-state index contributed by atoms with van der Waals surface area (Å²) >= 11 is 1.40. The Morgan fingerprint density at radius 1 is 0.857 bits per heavy atom. The van der Waals surface area contributed by atoms with Crippen LogP contribution in [0.2, 0.25) is 0 Å². The Hall–Kier alpha value is -3.33. The molecule has 0 radical (unpaired) electrons. The van der Waals surface area contributed by atoms with Gasteiger partial charge in [-0.1, -0.05) is 36.4 Å². The molecule has 2 amide bonds. The number of fused-ring (bicyclic) bond motifs is 2. The van der Waals surface area contributed by atoms with Crippen LogP contribution in [0.4, 0.5) is 11.4 Å². The summed E-state index contributed by atoms with van der Waals surface area (Å²) in [4.78, 5) is 32.0. The molecule has 3 aromatic rings. The minimum atomic E-state index is -1.11. The first-order valence-corrected chi connectivity index (χ1v) is 12.7. The number of ether oxygens (including phenoxy) is 2. The first-order valence-electron chi connectivity index (χ1n) is 11.7. The Bertz CT molecular complexity index is 1250. The van der Waals surface area contributed by atoms with Gasteiger partial charge in [0.2, 0.25) is 10.8 Å². The molecule has 2 saturated heterocycles. The normalized spacial score (nSPS) is 22.2. The lowest BCUT2D eigenvalue weighted by molar-refractivity contribution is -0.124. The quantitative estimate of drug-likeness (QED) is 0.541. The fourth-order valence-corrected chi connectivity index (χ4v) is 6.29. The molecule has 3 aliphatic heterocycles. The average Bonchev–Trinajstić information content (AvgIpc) is 3.37. The van der Waals surface area contributed by atoms with Crippen molar-refractivity contribution in [3.8, 4) is 11.5 Å². The van der Waals surface area contributed by atoms with Gasteiger partial charge in [-0.2, -0.15) is 0 Å². The summed E-state index contributed by atoms with van der Waals surface area (Å²) in [5.74, 6) is 1.49. The summed E-state index contributed by atoms with van der Waals surface area (Å²) in [6, 6.07) is 24.7. The van der Waals surface area contributed by atoms with E-state index in [1.165, 1.54) is 11.8 Å². The summed E-state index contributed by atoms with van der Waals surface area (Å²) in [5.41, 5.74) is 2.40. The smallest absolute Gasteiger partial charge is 0.269 e. The van der Waals surface area contributed by atoms with E-state index in [2.05, 4.69) is 4.90 Å². The summed E-state index contributed by atoms with van der Waals surface area (Å²) in [5, 5.41) is 0. The molecule has 3 aromatic carbocycles. The standard InChI is InChI=1S/C27H25N3O4S/c31-25-18-35-27(30(25)20-10-12-22(13-11-20)34-21-6-2-1-3-7-21)23-8-4-5-9-24(23)29(26(27)32)19-28-14-16-33-17-15-28/h1-13H,14-19H2/t27-/m0/s1. The number of hydrogen-bond acceptors (Lipinski definition) is 6. The van der Waals surface area contributed by atoms with Crippen LogP contribution < -0.4 is 14.5 Å². The summed E-state index contributed by atoms with van der Waals surface area (Å²) in [6.07, 6.45) is 0. The van der Waals surface area contributed by atoms with Crippen molar-refractivity contribution in [3.05, 3.63) is 84.4 Å². The number of benzene rings is 3. The van der Waals surface area contributed by atoms with Crippen molar-refractivity contribution in [1.29, 1.82) is 0 Å². The predicted octanol–water partition coefficient (Wildman–Crippen LogP) is 4.05. The lowest BCUT2D eigenvalue weighted by atomic mass is 10.0. The zero-order valence-corrected chi connectivity index (χ0v) is 19.9. The van der Waals surface area contributed by atoms with Crippen molar-refractivity contribution in [2.24, 2.45) is 0 Å². The van der Waals surface area contributed by atoms with Crippen molar-refractivity contribution in [2.45, 2.75) is 4.87 Å². The van der Waals surface area contributed by atoms with E-state index >= 15 is 0 Å². The number of para-hydroxylation sites is 2. The molecule has 0 saturated carbocycles. The third kappa shape index (κ3) is 3.78. The van der Waals surface area contributed by atoms with Crippen molar-refractivity contribution in [3.63, 3.8) is 0 Å². The molecular formula is C27H25N3O4S. The van der Waals surface area contributed by atoms with E-state index in [0.717, 1.165) is 30.1 Å². The van der Waals surface area contributed by atoms with Crippen molar-refractivity contribution < 1.29 is 19.1 Å². The molecule has 178 valence electrons. The minimum Gasteiger partial charge on any atom is -0.457 e. The summed E-state index contributed by atoms with van der Waals surface area (Å²) < 4.78 is 11.4. The predicted molar refractivity (Wildman–Crippen MR) is 136 cm³/mol. The number of morpholine rings is 1. The van der Waals surface area contributed by atoms with Crippen LogP contribution in [0.15, 0.2) is 78.9 Å². The highest BCUT2D eigenvalue weighted by molar-refractivity contribution is 8.02. The summed E-state index contributed by atoms with van der Waals surface area (Å²) in [7, 11) is 0. The van der Waals surface area contributed by atoms with Crippen molar-refractivity contribution >= 4 is 35.0 Å². The molecule has 0 bridgehead atoms. The molecule has 0 aliphatic carbocycles. The maximum atomic E-state index is 14.1. The molecule has 3 aliphatic rings. The molecule has 2 fully saturated rings. The van der Waals surface area contributed by atoms with E-state index in [1.807, 2.05) is 83.8 Å². The fourth-order valence-electron chi connectivity index (χ4n) is 4.93. The van der Waals surface area contributed by atoms with Crippen molar-refractivity contribution in [1.82, 2.24) is 4.90 Å². The lowest BCUT2D eigenvalue weighted by Crippen LogP contribution is -2.52. The van der Waals surface area contributed by atoms with E-state index in [9.17, 15) is 9.59 Å². The zero-order chi connectivity index (χ0) is 23.8. The molecule has 0 N–H and O–H groups in total. The SMILES string of the molecule is O=C1CS[C@@]2(C(=O)N(CN3CCOCC3)c3ccccc32)N1c1ccc(Oc2ccccc2)cc1. The third-order valence-corrected chi connectivity index (χ3v) is 7.97. The van der Waals surface area contributed by atoms with E-state index in [0.29, 0.717) is 31.3 Å². The van der Waals surface area contributed by atoms with Crippen LogP contribution >= 0.6 is 11.8 Å². The van der Waals surface area contributed by atoms with Gasteiger partial charge in [-0.3, -0.25) is 24.3 Å².